The predicted molar refractivity (Wildman–Crippen MR) is 62.2 cm³/mol. The number of esters is 1. The van der Waals surface area contributed by atoms with Gasteiger partial charge in [-0.1, -0.05) is 0 Å². The van der Waals surface area contributed by atoms with Gasteiger partial charge in [-0.15, -0.1) is 0 Å². The molecule has 1 fully saturated rings. The second-order valence-electron chi connectivity index (χ2n) is 4.28. The first-order valence-electron chi connectivity index (χ1n) is 5.93. The zero-order chi connectivity index (χ0) is 14.0. The summed E-state index contributed by atoms with van der Waals surface area (Å²) in [7, 11) is 0. The Balaban J connectivity index is 2.31. The van der Waals surface area contributed by atoms with Crippen LogP contribution in [0.15, 0.2) is 18.2 Å². The van der Waals surface area contributed by atoms with Crippen LogP contribution in [0.3, 0.4) is 0 Å². The summed E-state index contributed by atoms with van der Waals surface area (Å²) in [5.41, 5.74) is 0.272. The molecule has 19 heavy (non-hydrogen) atoms. The number of nitrogens with one attached hydrogen (secondary N) is 1. The molecule has 1 N–H and O–H groups in total. The van der Waals surface area contributed by atoms with Crippen molar-refractivity contribution in [2.45, 2.75) is 12.8 Å². The lowest BCUT2D eigenvalue weighted by Gasteiger charge is -2.16. The first-order chi connectivity index (χ1) is 9.02. The Morgan fingerprint density at radius 1 is 1.37 bits per heavy atom. The van der Waals surface area contributed by atoms with Gasteiger partial charge in [-0.2, -0.15) is 0 Å². The molecule has 6 heteroatoms. The average molecular weight is 269 g/mol. The highest BCUT2D eigenvalue weighted by Gasteiger charge is 2.42. The van der Waals surface area contributed by atoms with Gasteiger partial charge in [0.25, 0.3) is 0 Å². The lowest BCUT2D eigenvalue weighted by Crippen LogP contribution is -2.29. The van der Waals surface area contributed by atoms with Crippen LogP contribution in [0.25, 0.3) is 0 Å². The smallest absolute Gasteiger partial charge is 0.319 e. The normalized spacial score (nSPS) is 22.2. The molecular formula is C13H13F2NO3. The third kappa shape index (κ3) is 2.72. The molecule has 0 bridgehead atoms. The fraction of sp³-hybridized carbons (Fsp3) is 0.385. The van der Waals surface area contributed by atoms with Crippen molar-refractivity contribution in [2.75, 3.05) is 13.2 Å². The highest BCUT2D eigenvalue weighted by Crippen LogP contribution is 2.30. The molecule has 102 valence electrons. The summed E-state index contributed by atoms with van der Waals surface area (Å²) in [5.74, 6) is -4.30. The quantitative estimate of drug-likeness (QED) is 0.666. The second-order valence-corrected chi connectivity index (χ2v) is 4.28. The van der Waals surface area contributed by atoms with Gasteiger partial charge in [0, 0.05) is 18.5 Å². The molecule has 1 unspecified atom stereocenters. The largest absolute Gasteiger partial charge is 0.465 e. The number of amides is 1. The summed E-state index contributed by atoms with van der Waals surface area (Å²) in [6.07, 6.45) is 0. The highest BCUT2D eigenvalue weighted by molar-refractivity contribution is 6.00. The van der Waals surface area contributed by atoms with E-state index >= 15 is 0 Å². The minimum Gasteiger partial charge on any atom is -0.465 e. The molecule has 0 aliphatic carbocycles. The Labute approximate surface area is 108 Å². The lowest BCUT2D eigenvalue weighted by atomic mass is 9.88. The van der Waals surface area contributed by atoms with Crippen molar-refractivity contribution < 1.29 is 23.1 Å². The van der Waals surface area contributed by atoms with Crippen molar-refractivity contribution in [3.05, 3.63) is 35.4 Å². The third-order valence-electron chi connectivity index (χ3n) is 3.03. The fourth-order valence-corrected chi connectivity index (χ4v) is 2.22. The SMILES string of the molecule is CCOC(=O)C1C(=O)NC[C@H]1c1cc(F)cc(F)c1. The number of halogens is 2. The maximum absolute atomic E-state index is 13.2. The fourth-order valence-electron chi connectivity index (χ4n) is 2.22. The van der Waals surface area contributed by atoms with Gasteiger partial charge in [0.05, 0.1) is 6.61 Å². The third-order valence-corrected chi connectivity index (χ3v) is 3.03. The van der Waals surface area contributed by atoms with E-state index in [0.717, 1.165) is 18.2 Å². The van der Waals surface area contributed by atoms with Gasteiger partial charge >= 0.3 is 5.97 Å². The molecule has 2 rings (SSSR count). The second kappa shape index (κ2) is 5.34. The van der Waals surface area contributed by atoms with Gasteiger partial charge in [-0.05, 0) is 24.6 Å². The molecule has 1 aromatic carbocycles. The number of rotatable bonds is 3. The van der Waals surface area contributed by atoms with Gasteiger partial charge in [0.15, 0.2) is 0 Å². The number of carbonyl (C=O) groups is 2. The summed E-state index contributed by atoms with van der Waals surface area (Å²) in [6, 6.07) is 2.99. The van der Waals surface area contributed by atoms with Crippen LogP contribution in [0.5, 0.6) is 0 Å². The summed E-state index contributed by atoms with van der Waals surface area (Å²) < 4.78 is 31.2. The van der Waals surface area contributed by atoms with Crippen molar-refractivity contribution >= 4 is 11.9 Å². The number of carbonyl (C=O) groups excluding carboxylic acids is 2. The molecular weight excluding hydrogens is 256 g/mol. The van der Waals surface area contributed by atoms with E-state index in [4.69, 9.17) is 4.74 Å². The molecule has 1 amide bonds. The maximum Gasteiger partial charge on any atom is 0.319 e. The van der Waals surface area contributed by atoms with Crippen LogP contribution in [0.4, 0.5) is 8.78 Å². The molecule has 1 aliphatic heterocycles. The van der Waals surface area contributed by atoms with Crippen LogP contribution in [0, 0.1) is 17.6 Å². The molecule has 0 radical (unpaired) electrons. The van der Waals surface area contributed by atoms with Crippen LogP contribution in [0.1, 0.15) is 18.4 Å². The van der Waals surface area contributed by atoms with Gasteiger partial charge in [0.1, 0.15) is 17.6 Å². The summed E-state index contributed by atoms with van der Waals surface area (Å²) in [5, 5.41) is 2.51. The monoisotopic (exact) mass is 269 g/mol. The molecule has 0 aromatic heterocycles. The minimum absolute atomic E-state index is 0.146. The van der Waals surface area contributed by atoms with Crippen molar-refractivity contribution in [2.24, 2.45) is 5.92 Å². The molecule has 1 heterocycles. The standard InChI is InChI=1S/C13H13F2NO3/c1-2-19-13(18)11-10(6-16-12(11)17)7-3-8(14)5-9(15)4-7/h3-5,10-11H,2,6H2,1H3,(H,16,17)/t10-,11?/m0/s1. The first-order valence-corrected chi connectivity index (χ1v) is 5.93. The van der Waals surface area contributed by atoms with Crippen molar-refractivity contribution in [3.63, 3.8) is 0 Å². The van der Waals surface area contributed by atoms with Crippen LogP contribution in [0.2, 0.25) is 0 Å². The minimum atomic E-state index is -1.05. The molecule has 4 nitrogen and oxygen atoms in total. The van der Waals surface area contributed by atoms with Gasteiger partial charge < -0.3 is 10.1 Å². The van der Waals surface area contributed by atoms with Crippen LogP contribution < -0.4 is 5.32 Å². The van der Waals surface area contributed by atoms with Crippen LogP contribution in [-0.4, -0.2) is 25.0 Å². The van der Waals surface area contributed by atoms with Crippen molar-refractivity contribution in [1.29, 1.82) is 0 Å². The molecule has 2 atom stereocenters. The Bertz CT molecular complexity index is 498. The predicted octanol–water partition coefficient (Wildman–Crippen LogP) is 1.36. The first kappa shape index (κ1) is 13.5. The number of hydrogen-bond acceptors (Lipinski definition) is 3. The molecule has 1 aliphatic rings. The van der Waals surface area contributed by atoms with E-state index in [-0.39, 0.29) is 18.7 Å². The Morgan fingerprint density at radius 2 is 2.00 bits per heavy atom. The average Bonchev–Trinajstić information content (AvgIpc) is 2.70. The summed E-state index contributed by atoms with van der Waals surface area (Å²) >= 11 is 0. The van der Waals surface area contributed by atoms with E-state index in [1.807, 2.05) is 0 Å². The van der Waals surface area contributed by atoms with E-state index in [1.165, 1.54) is 0 Å². The number of benzene rings is 1. The van der Waals surface area contributed by atoms with E-state index in [1.54, 1.807) is 6.92 Å². The maximum atomic E-state index is 13.2. The Morgan fingerprint density at radius 3 is 2.58 bits per heavy atom. The van der Waals surface area contributed by atoms with Gasteiger partial charge in [0.2, 0.25) is 5.91 Å². The number of hydrogen-bond donors (Lipinski definition) is 1. The Hall–Kier alpha value is -1.98. The van der Waals surface area contributed by atoms with Crippen LogP contribution in [-0.2, 0) is 14.3 Å². The lowest BCUT2D eigenvalue weighted by molar-refractivity contribution is -0.151. The molecule has 1 saturated heterocycles. The molecule has 0 spiro atoms. The zero-order valence-electron chi connectivity index (χ0n) is 10.3. The van der Waals surface area contributed by atoms with E-state index in [2.05, 4.69) is 5.32 Å². The topological polar surface area (TPSA) is 55.4 Å². The molecule has 1 aromatic rings. The van der Waals surface area contributed by atoms with E-state index in [9.17, 15) is 18.4 Å². The highest BCUT2D eigenvalue weighted by atomic mass is 19.1. The Kier molecular flexibility index (Phi) is 3.78. The molecule has 0 saturated carbocycles. The summed E-state index contributed by atoms with van der Waals surface area (Å²) in [4.78, 5) is 23.4. The van der Waals surface area contributed by atoms with Crippen LogP contribution >= 0.6 is 0 Å². The summed E-state index contributed by atoms with van der Waals surface area (Å²) in [6.45, 7) is 1.93. The van der Waals surface area contributed by atoms with Crippen molar-refractivity contribution in [3.8, 4) is 0 Å². The van der Waals surface area contributed by atoms with E-state index in [0.29, 0.717) is 0 Å². The zero-order valence-corrected chi connectivity index (χ0v) is 10.3. The number of ether oxygens (including phenoxy) is 1. The van der Waals surface area contributed by atoms with E-state index < -0.39 is 35.3 Å². The van der Waals surface area contributed by atoms with Crippen molar-refractivity contribution in [1.82, 2.24) is 5.32 Å². The van der Waals surface area contributed by atoms with Gasteiger partial charge in [-0.3, -0.25) is 9.59 Å². The van der Waals surface area contributed by atoms with Gasteiger partial charge in [-0.25, -0.2) is 8.78 Å².